The van der Waals surface area contributed by atoms with Crippen LogP contribution in [-0.4, -0.2) is 41.5 Å². The zero-order valence-electron chi connectivity index (χ0n) is 23.3. The minimum Gasteiger partial charge on any atom is -0.507 e. The summed E-state index contributed by atoms with van der Waals surface area (Å²) in [5, 5.41) is 36.4. The van der Waals surface area contributed by atoms with E-state index in [1.54, 1.807) is 58.0 Å². The van der Waals surface area contributed by atoms with Crippen LogP contribution in [0.5, 0.6) is 11.5 Å². The molecule has 2 aromatic heterocycles. The van der Waals surface area contributed by atoms with Crippen LogP contribution >= 0.6 is 0 Å². The average molecular weight is 556 g/mol. The van der Waals surface area contributed by atoms with Crippen LogP contribution in [0.25, 0.3) is 39.3 Å². The van der Waals surface area contributed by atoms with Crippen LogP contribution in [0.15, 0.2) is 66.7 Å². The summed E-state index contributed by atoms with van der Waals surface area (Å²) in [5.74, 6) is -1.96. The van der Waals surface area contributed by atoms with Gasteiger partial charge in [-0.25, -0.2) is 18.7 Å². The molecule has 0 saturated carbocycles. The number of halogens is 1. The number of phenols is 2. The van der Waals surface area contributed by atoms with Gasteiger partial charge in [0.05, 0.1) is 17.0 Å². The van der Waals surface area contributed by atoms with Crippen molar-refractivity contribution in [2.24, 2.45) is 0 Å². The standard InChI is InChI=1S/C32H30FN3O5/c1-17-9-11-23(25(37)13-17)29-28(30(31(39)40)41-32(3,4)5)18(2)34-27-16-24(35-36(27)29)20-8-6-7-19(14-20)22-12-10-21(33)15-26(22)38/h6-16,30,37-38H,1-5H3,(H,39,40). The van der Waals surface area contributed by atoms with Crippen molar-refractivity contribution in [2.45, 2.75) is 46.3 Å². The van der Waals surface area contributed by atoms with Crippen LogP contribution in [0.2, 0.25) is 0 Å². The molecule has 0 radical (unpaired) electrons. The number of phenolic OH excluding ortho intramolecular Hbond substituents is 2. The lowest BCUT2D eigenvalue weighted by molar-refractivity contribution is -0.160. The Labute approximate surface area is 236 Å². The van der Waals surface area contributed by atoms with Crippen LogP contribution in [0.1, 0.15) is 43.7 Å². The molecule has 5 aromatic rings. The largest absolute Gasteiger partial charge is 0.507 e. The van der Waals surface area contributed by atoms with Crippen molar-refractivity contribution in [3.05, 3.63) is 89.4 Å². The average Bonchev–Trinajstić information content (AvgIpc) is 3.30. The molecule has 0 aliphatic rings. The van der Waals surface area contributed by atoms with Crippen molar-refractivity contribution < 1.29 is 29.2 Å². The fourth-order valence-corrected chi connectivity index (χ4v) is 4.87. The highest BCUT2D eigenvalue weighted by Gasteiger charge is 2.33. The van der Waals surface area contributed by atoms with Crippen LogP contribution in [0, 0.1) is 19.7 Å². The van der Waals surface area contributed by atoms with Gasteiger partial charge >= 0.3 is 5.97 Å². The molecule has 2 heterocycles. The lowest BCUT2D eigenvalue weighted by Gasteiger charge is -2.27. The summed E-state index contributed by atoms with van der Waals surface area (Å²) >= 11 is 0. The first-order valence-electron chi connectivity index (χ1n) is 13.0. The van der Waals surface area contributed by atoms with Gasteiger partial charge in [-0.05, 0) is 76.1 Å². The van der Waals surface area contributed by atoms with E-state index in [1.165, 1.54) is 16.6 Å². The fourth-order valence-electron chi connectivity index (χ4n) is 4.87. The van der Waals surface area contributed by atoms with Crippen LogP contribution in [0.3, 0.4) is 0 Å². The molecule has 1 unspecified atom stereocenters. The number of ether oxygens (including phenoxy) is 1. The minimum atomic E-state index is -1.39. The highest BCUT2D eigenvalue weighted by Crippen LogP contribution is 2.40. The van der Waals surface area contributed by atoms with Crippen LogP contribution in [-0.2, 0) is 9.53 Å². The second kappa shape index (κ2) is 10.3. The van der Waals surface area contributed by atoms with Gasteiger partial charge in [0, 0.05) is 40.1 Å². The monoisotopic (exact) mass is 555 g/mol. The quantitative estimate of drug-likeness (QED) is 0.210. The number of aliphatic carboxylic acids is 1. The smallest absolute Gasteiger partial charge is 0.337 e. The lowest BCUT2D eigenvalue weighted by Crippen LogP contribution is -2.29. The first-order valence-corrected chi connectivity index (χ1v) is 13.0. The molecule has 1 atom stereocenters. The molecule has 3 N–H and O–H groups in total. The summed E-state index contributed by atoms with van der Waals surface area (Å²) in [4.78, 5) is 17.2. The van der Waals surface area contributed by atoms with E-state index < -0.39 is 23.5 Å². The Kier molecular flexibility index (Phi) is 7.00. The van der Waals surface area contributed by atoms with Crippen molar-refractivity contribution in [1.29, 1.82) is 0 Å². The van der Waals surface area contributed by atoms with Crippen molar-refractivity contribution in [3.8, 4) is 45.1 Å². The number of aromatic hydroxyl groups is 2. The maximum Gasteiger partial charge on any atom is 0.337 e. The van der Waals surface area contributed by atoms with E-state index in [1.807, 2.05) is 25.1 Å². The van der Waals surface area contributed by atoms with E-state index in [-0.39, 0.29) is 17.1 Å². The molecule has 0 spiro atoms. The Morgan fingerprint density at radius 1 is 0.927 bits per heavy atom. The number of benzene rings is 3. The van der Waals surface area contributed by atoms with Crippen molar-refractivity contribution >= 4 is 11.6 Å². The number of rotatable bonds is 6. The number of hydrogen-bond donors (Lipinski definition) is 3. The van der Waals surface area contributed by atoms with Gasteiger partial charge in [0.25, 0.3) is 0 Å². The number of carboxylic acids is 1. The third-order valence-electron chi connectivity index (χ3n) is 6.62. The third kappa shape index (κ3) is 5.49. The Morgan fingerprint density at radius 3 is 2.27 bits per heavy atom. The van der Waals surface area contributed by atoms with Gasteiger partial charge < -0.3 is 20.1 Å². The highest BCUT2D eigenvalue weighted by atomic mass is 19.1. The first-order chi connectivity index (χ1) is 19.3. The number of carboxylic acid groups (broad SMARTS) is 1. The number of nitrogens with zero attached hydrogens (tertiary/aromatic N) is 3. The lowest BCUT2D eigenvalue weighted by atomic mass is 9.97. The molecule has 0 amide bonds. The zero-order chi connectivity index (χ0) is 29.6. The van der Waals surface area contributed by atoms with Gasteiger partial charge in [0.15, 0.2) is 11.8 Å². The molecule has 210 valence electrons. The topological polar surface area (TPSA) is 117 Å². The molecule has 0 aliphatic carbocycles. The van der Waals surface area contributed by atoms with Gasteiger partial charge in [0.1, 0.15) is 17.3 Å². The normalized spacial score (nSPS) is 12.5. The Morgan fingerprint density at radius 2 is 1.61 bits per heavy atom. The van der Waals surface area contributed by atoms with Gasteiger partial charge in [-0.2, -0.15) is 5.10 Å². The number of aryl methyl sites for hydroxylation is 2. The van der Waals surface area contributed by atoms with Crippen LogP contribution in [0.4, 0.5) is 4.39 Å². The van der Waals surface area contributed by atoms with Gasteiger partial charge in [-0.3, -0.25) is 0 Å². The van der Waals surface area contributed by atoms with Crippen molar-refractivity contribution in [1.82, 2.24) is 14.6 Å². The molecular weight excluding hydrogens is 525 g/mol. The Bertz CT molecular complexity index is 1810. The van der Waals surface area contributed by atoms with Crippen LogP contribution < -0.4 is 0 Å². The third-order valence-corrected chi connectivity index (χ3v) is 6.62. The predicted octanol–water partition coefficient (Wildman–Crippen LogP) is 6.84. The van der Waals surface area contributed by atoms with E-state index in [0.29, 0.717) is 45.0 Å². The molecule has 8 nitrogen and oxygen atoms in total. The molecule has 41 heavy (non-hydrogen) atoms. The van der Waals surface area contributed by atoms with E-state index in [0.717, 1.165) is 11.6 Å². The van der Waals surface area contributed by atoms with E-state index in [2.05, 4.69) is 4.98 Å². The molecule has 0 saturated heterocycles. The molecule has 0 fully saturated rings. The van der Waals surface area contributed by atoms with Crippen molar-refractivity contribution in [3.63, 3.8) is 0 Å². The second-order valence-electron chi connectivity index (χ2n) is 11.0. The summed E-state index contributed by atoms with van der Waals surface area (Å²) in [6.07, 6.45) is -1.39. The summed E-state index contributed by atoms with van der Waals surface area (Å²) in [6, 6.07) is 18.0. The van der Waals surface area contributed by atoms with Gasteiger partial charge in [-0.15, -0.1) is 0 Å². The second-order valence-corrected chi connectivity index (χ2v) is 11.0. The molecule has 0 aliphatic heterocycles. The molecule has 9 heteroatoms. The number of hydrogen-bond acceptors (Lipinski definition) is 6. The number of fused-ring (bicyclic) bond motifs is 1. The SMILES string of the molecule is Cc1ccc(-c2c(C(OC(C)(C)C)C(=O)O)c(C)nc3cc(-c4cccc(-c5ccc(F)cc5O)c4)nn23)c(O)c1. The molecular formula is C32H30FN3O5. The summed E-state index contributed by atoms with van der Waals surface area (Å²) in [7, 11) is 0. The molecule has 5 rings (SSSR count). The Balaban J connectivity index is 1.76. The van der Waals surface area contributed by atoms with Crippen molar-refractivity contribution in [2.75, 3.05) is 0 Å². The van der Waals surface area contributed by atoms with E-state index in [9.17, 15) is 24.5 Å². The number of aromatic nitrogens is 3. The van der Waals surface area contributed by atoms with Gasteiger partial charge in [-0.1, -0.05) is 24.3 Å². The summed E-state index contributed by atoms with van der Waals surface area (Å²) < 4.78 is 21.1. The van der Waals surface area contributed by atoms with E-state index in [4.69, 9.17) is 9.84 Å². The summed E-state index contributed by atoms with van der Waals surface area (Å²) in [5.41, 5.74) is 4.22. The van der Waals surface area contributed by atoms with E-state index >= 15 is 0 Å². The maximum absolute atomic E-state index is 13.6. The predicted molar refractivity (Wildman–Crippen MR) is 153 cm³/mol. The highest BCUT2D eigenvalue weighted by molar-refractivity contribution is 5.83. The van der Waals surface area contributed by atoms with Gasteiger partial charge in [0.2, 0.25) is 0 Å². The maximum atomic E-state index is 13.6. The summed E-state index contributed by atoms with van der Waals surface area (Å²) in [6.45, 7) is 8.86. The fraction of sp³-hybridized carbons (Fsp3) is 0.219. The Hall–Kier alpha value is -4.76. The molecule has 3 aromatic carbocycles. The minimum absolute atomic E-state index is 0.0381. The number of carbonyl (C=O) groups is 1. The zero-order valence-corrected chi connectivity index (χ0v) is 23.3. The molecule has 0 bridgehead atoms. The first kappa shape index (κ1) is 27.8.